The van der Waals surface area contributed by atoms with Crippen molar-refractivity contribution in [2.24, 2.45) is 0 Å². The molecular formula is C30H22F2N2O4. The molecular weight excluding hydrogens is 490 g/mol. The van der Waals surface area contributed by atoms with E-state index < -0.39 is 23.3 Å². The highest BCUT2D eigenvalue weighted by molar-refractivity contribution is 5.96. The summed E-state index contributed by atoms with van der Waals surface area (Å²) < 4.78 is 32.2. The lowest BCUT2D eigenvalue weighted by molar-refractivity contribution is 0.0625. The highest BCUT2D eigenvalue weighted by Crippen LogP contribution is 2.39. The summed E-state index contributed by atoms with van der Waals surface area (Å²) in [7, 11) is 0. The van der Waals surface area contributed by atoms with E-state index in [1.807, 2.05) is 0 Å². The van der Waals surface area contributed by atoms with Crippen molar-refractivity contribution in [3.05, 3.63) is 137 Å². The number of aldehydes is 1. The zero-order chi connectivity index (χ0) is 26.7. The smallest absolute Gasteiger partial charge is 0.343 e. The van der Waals surface area contributed by atoms with Crippen molar-refractivity contribution in [2.75, 3.05) is 13.1 Å². The molecule has 5 rings (SSSR count). The minimum atomic E-state index is -1.22. The quantitative estimate of drug-likeness (QED) is 0.225. The van der Waals surface area contributed by atoms with E-state index in [0.29, 0.717) is 35.3 Å². The van der Waals surface area contributed by atoms with Crippen LogP contribution in [0.3, 0.4) is 0 Å². The van der Waals surface area contributed by atoms with Crippen molar-refractivity contribution >= 4 is 18.2 Å². The Labute approximate surface area is 217 Å². The number of hydrogen-bond donors (Lipinski definition) is 1. The van der Waals surface area contributed by atoms with Gasteiger partial charge < -0.3 is 9.64 Å². The molecule has 38 heavy (non-hydrogen) atoms. The number of benzene rings is 4. The van der Waals surface area contributed by atoms with Crippen LogP contribution in [0.15, 0.2) is 97.1 Å². The molecule has 8 heteroatoms. The predicted octanol–water partition coefficient (Wildman–Crippen LogP) is 4.94. The highest BCUT2D eigenvalue weighted by Gasteiger charge is 2.47. The van der Waals surface area contributed by atoms with Gasteiger partial charge in [0, 0.05) is 29.8 Å². The summed E-state index contributed by atoms with van der Waals surface area (Å²) in [6.07, 6.45) is 0.733. The Morgan fingerprint density at radius 1 is 0.816 bits per heavy atom. The third-order valence-corrected chi connectivity index (χ3v) is 6.50. The van der Waals surface area contributed by atoms with Crippen molar-refractivity contribution < 1.29 is 27.9 Å². The predicted molar refractivity (Wildman–Crippen MR) is 136 cm³/mol. The van der Waals surface area contributed by atoms with Crippen LogP contribution in [0.1, 0.15) is 42.2 Å². The van der Waals surface area contributed by atoms with Gasteiger partial charge >= 0.3 is 5.97 Å². The number of halogens is 2. The average molecular weight is 513 g/mol. The van der Waals surface area contributed by atoms with Gasteiger partial charge in [-0.15, -0.1) is 0 Å². The summed E-state index contributed by atoms with van der Waals surface area (Å²) in [6.45, 7) is 0.756. The first-order valence-corrected chi connectivity index (χ1v) is 11.9. The molecule has 0 aliphatic carbocycles. The third-order valence-electron chi connectivity index (χ3n) is 6.50. The number of hydrogen-bond acceptors (Lipinski definition) is 5. The van der Waals surface area contributed by atoms with Crippen molar-refractivity contribution in [1.29, 1.82) is 0 Å². The molecule has 0 radical (unpaired) electrons. The number of nitrogens with zero attached hydrogens (tertiary/aromatic N) is 1. The highest BCUT2D eigenvalue weighted by atomic mass is 19.1. The van der Waals surface area contributed by atoms with Gasteiger partial charge in [-0.1, -0.05) is 36.4 Å². The number of rotatable bonds is 6. The molecule has 1 heterocycles. The molecule has 1 unspecified atom stereocenters. The molecule has 1 fully saturated rings. The average Bonchev–Trinajstić information content (AvgIpc) is 3.39. The van der Waals surface area contributed by atoms with Crippen LogP contribution in [0.4, 0.5) is 8.78 Å². The first-order chi connectivity index (χ1) is 18.4. The lowest BCUT2D eigenvalue weighted by Crippen LogP contribution is -2.52. The van der Waals surface area contributed by atoms with E-state index in [1.165, 1.54) is 48.5 Å². The van der Waals surface area contributed by atoms with Gasteiger partial charge in [0.1, 0.15) is 29.3 Å². The topological polar surface area (TPSA) is 75.7 Å². The van der Waals surface area contributed by atoms with Crippen LogP contribution in [-0.2, 0) is 5.66 Å². The number of nitrogens with one attached hydrogen (secondary N) is 1. The molecule has 4 aromatic carbocycles. The second-order valence-electron chi connectivity index (χ2n) is 8.73. The summed E-state index contributed by atoms with van der Waals surface area (Å²) in [5.74, 6) is -1.66. The van der Waals surface area contributed by atoms with E-state index in [2.05, 4.69) is 5.32 Å². The van der Waals surface area contributed by atoms with E-state index in [9.17, 15) is 23.2 Å². The maximum Gasteiger partial charge on any atom is 0.343 e. The number of esters is 1. The fraction of sp³-hybridized carbons (Fsp3) is 0.100. The Kier molecular flexibility index (Phi) is 6.81. The number of carbonyl (C=O) groups is 3. The van der Waals surface area contributed by atoms with Gasteiger partial charge in [-0.3, -0.25) is 14.9 Å². The lowest BCUT2D eigenvalue weighted by Gasteiger charge is -2.40. The van der Waals surface area contributed by atoms with Gasteiger partial charge in [0.2, 0.25) is 0 Å². The number of carbonyl (C=O) groups excluding carboxylic acids is 3. The molecule has 190 valence electrons. The first kappa shape index (κ1) is 25.0. The molecule has 0 saturated carbocycles. The molecule has 4 aromatic rings. The second kappa shape index (κ2) is 10.4. The normalized spacial score (nSPS) is 16.7. The summed E-state index contributed by atoms with van der Waals surface area (Å²) in [4.78, 5) is 39.8. The van der Waals surface area contributed by atoms with E-state index in [1.54, 1.807) is 53.4 Å². The third kappa shape index (κ3) is 4.57. The summed E-state index contributed by atoms with van der Waals surface area (Å²) in [5, 5.41) is 3.41. The van der Waals surface area contributed by atoms with Crippen molar-refractivity contribution in [3.8, 4) is 5.75 Å². The van der Waals surface area contributed by atoms with Gasteiger partial charge in [-0.2, -0.15) is 0 Å². The zero-order valence-electron chi connectivity index (χ0n) is 20.1. The molecule has 1 amide bonds. The zero-order valence-corrected chi connectivity index (χ0v) is 20.1. The SMILES string of the molecule is O=Cc1ccccc1C1(c2ccc(OC(=O)c3ccc(F)cc3)cc2)NCCN1C(=O)c1ccc(F)cc1. The molecule has 1 aliphatic rings. The van der Waals surface area contributed by atoms with Gasteiger partial charge in [0.15, 0.2) is 0 Å². The fourth-order valence-corrected chi connectivity index (χ4v) is 4.71. The fourth-order valence-electron chi connectivity index (χ4n) is 4.71. The number of amides is 1. The van der Waals surface area contributed by atoms with Crippen LogP contribution >= 0.6 is 0 Å². The summed E-state index contributed by atoms with van der Waals surface area (Å²) in [6, 6.07) is 23.8. The van der Waals surface area contributed by atoms with Gasteiger partial charge in [0.05, 0.1) is 5.56 Å². The standard InChI is InChI=1S/C30H22F2N2O4/c31-24-11-5-20(6-12-24)28(36)34-18-17-33-30(34,27-4-2-1-3-22(27)19-35)23-9-15-26(16-10-23)38-29(37)21-7-13-25(32)14-8-21/h1-16,19,33H,17-18H2. The molecule has 1 atom stereocenters. The minimum absolute atomic E-state index is 0.195. The summed E-state index contributed by atoms with van der Waals surface area (Å²) >= 11 is 0. The summed E-state index contributed by atoms with van der Waals surface area (Å²) in [5.41, 5.74) is 0.863. The lowest BCUT2D eigenvalue weighted by atomic mass is 9.87. The maximum atomic E-state index is 13.7. The molecule has 0 bridgehead atoms. The largest absolute Gasteiger partial charge is 0.423 e. The van der Waals surface area contributed by atoms with E-state index in [4.69, 9.17) is 4.74 Å². The molecule has 1 N–H and O–H groups in total. The second-order valence-corrected chi connectivity index (χ2v) is 8.73. The Bertz CT molecular complexity index is 1490. The molecule has 0 aromatic heterocycles. The molecule has 0 spiro atoms. The van der Waals surface area contributed by atoms with Crippen LogP contribution < -0.4 is 10.1 Å². The van der Waals surface area contributed by atoms with Gasteiger partial charge in [-0.25, -0.2) is 13.6 Å². The van der Waals surface area contributed by atoms with Crippen LogP contribution in [0, 0.1) is 11.6 Å². The molecule has 1 saturated heterocycles. The number of ether oxygens (including phenoxy) is 1. The van der Waals surface area contributed by atoms with Crippen LogP contribution in [-0.4, -0.2) is 36.2 Å². The maximum absolute atomic E-state index is 13.7. The Morgan fingerprint density at radius 3 is 2.05 bits per heavy atom. The Morgan fingerprint density at radius 2 is 1.42 bits per heavy atom. The van der Waals surface area contributed by atoms with Crippen molar-refractivity contribution in [2.45, 2.75) is 5.66 Å². The minimum Gasteiger partial charge on any atom is -0.423 e. The van der Waals surface area contributed by atoms with Crippen LogP contribution in [0.5, 0.6) is 5.75 Å². The van der Waals surface area contributed by atoms with Crippen LogP contribution in [0.25, 0.3) is 0 Å². The van der Waals surface area contributed by atoms with Gasteiger partial charge in [0.25, 0.3) is 5.91 Å². The monoisotopic (exact) mass is 512 g/mol. The Hall–Kier alpha value is -4.69. The van der Waals surface area contributed by atoms with Crippen molar-refractivity contribution in [3.63, 3.8) is 0 Å². The van der Waals surface area contributed by atoms with E-state index in [0.717, 1.165) is 6.29 Å². The van der Waals surface area contributed by atoms with E-state index >= 15 is 0 Å². The van der Waals surface area contributed by atoms with Gasteiger partial charge in [-0.05, 0) is 66.2 Å². The van der Waals surface area contributed by atoms with E-state index in [-0.39, 0.29) is 17.2 Å². The van der Waals surface area contributed by atoms with Crippen LogP contribution in [0.2, 0.25) is 0 Å². The Balaban J connectivity index is 1.54. The van der Waals surface area contributed by atoms with Crippen molar-refractivity contribution in [1.82, 2.24) is 10.2 Å². The first-order valence-electron chi connectivity index (χ1n) is 11.9. The molecule has 6 nitrogen and oxygen atoms in total. The molecule has 1 aliphatic heterocycles.